The predicted octanol–water partition coefficient (Wildman–Crippen LogP) is 4.66. The van der Waals surface area contributed by atoms with Gasteiger partial charge in [-0.3, -0.25) is 4.99 Å². The molecule has 18 heavy (non-hydrogen) atoms. The summed E-state index contributed by atoms with van der Waals surface area (Å²) in [5.74, 6) is 0.767. The average Bonchev–Trinajstić information content (AvgIpc) is 2.82. The standard InChI is InChI=1S/C14H19ClN2S/c1-3-10(4-2)13-9-16-14(18-13)17-12-7-5-11(15)6-8-12/h5-8,10,13H,3-4,9H2,1-2H3,(H,16,17). The Labute approximate surface area is 118 Å². The Morgan fingerprint density at radius 3 is 2.61 bits per heavy atom. The first-order valence-corrected chi connectivity index (χ1v) is 7.72. The Morgan fingerprint density at radius 1 is 1.33 bits per heavy atom. The largest absolute Gasteiger partial charge is 0.335 e. The molecule has 98 valence electrons. The van der Waals surface area contributed by atoms with Crippen LogP contribution in [0.2, 0.25) is 5.02 Å². The smallest absolute Gasteiger partial charge is 0.161 e. The minimum absolute atomic E-state index is 0.634. The van der Waals surface area contributed by atoms with Gasteiger partial charge in [-0.2, -0.15) is 0 Å². The van der Waals surface area contributed by atoms with Crippen molar-refractivity contribution in [2.24, 2.45) is 10.9 Å². The monoisotopic (exact) mass is 282 g/mol. The molecule has 1 unspecified atom stereocenters. The third-order valence-electron chi connectivity index (χ3n) is 3.35. The Balaban J connectivity index is 1.91. The average molecular weight is 283 g/mol. The van der Waals surface area contributed by atoms with Crippen LogP contribution in [0.5, 0.6) is 0 Å². The van der Waals surface area contributed by atoms with E-state index in [4.69, 9.17) is 11.6 Å². The van der Waals surface area contributed by atoms with Crippen LogP contribution in [0, 0.1) is 5.92 Å². The lowest BCUT2D eigenvalue weighted by Crippen LogP contribution is -2.17. The maximum atomic E-state index is 5.87. The highest BCUT2D eigenvalue weighted by Gasteiger charge is 2.25. The molecule has 0 amide bonds. The van der Waals surface area contributed by atoms with E-state index in [0.717, 1.165) is 28.3 Å². The summed E-state index contributed by atoms with van der Waals surface area (Å²) in [6, 6.07) is 7.75. The van der Waals surface area contributed by atoms with Gasteiger partial charge in [-0.05, 0) is 30.2 Å². The van der Waals surface area contributed by atoms with Gasteiger partial charge >= 0.3 is 0 Å². The molecular weight excluding hydrogens is 264 g/mol. The molecule has 0 aliphatic carbocycles. The van der Waals surface area contributed by atoms with Crippen molar-refractivity contribution in [1.29, 1.82) is 0 Å². The lowest BCUT2D eigenvalue weighted by molar-refractivity contribution is 0.479. The normalized spacial score (nSPS) is 19.1. The van der Waals surface area contributed by atoms with Crippen molar-refractivity contribution in [3.05, 3.63) is 29.3 Å². The van der Waals surface area contributed by atoms with E-state index in [0.29, 0.717) is 5.25 Å². The molecule has 0 saturated carbocycles. The Morgan fingerprint density at radius 2 is 2.00 bits per heavy atom. The molecule has 1 aromatic carbocycles. The van der Waals surface area contributed by atoms with Gasteiger partial charge in [-0.25, -0.2) is 0 Å². The van der Waals surface area contributed by atoms with Crippen molar-refractivity contribution < 1.29 is 0 Å². The van der Waals surface area contributed by atoms with Gasteiger partial charge in [0.2, 0.25) is 0 Å². The third kappa shape index (κ3) is 3.42. The van der Waals surface area contributed by atoms with Crippen LogP contribution >= 0.6 is 23.4 Å². The Hall–Kier alpha value is -0.670. The lowest BCUT2D eigenvalue weighted by atomic mass is 9.99. The van der Waals surface area contributed by atoms with Gasteiger partial charge in [-0.15, -0.1) is 0 Å². The summed E-state index contributed by atoms with van der Waals surface area (Å²) in [6.07, 6.45) is 2.47. The summed E-state index contributed by atoms with van der Waals surface area (Å²) < 4.78 is 0. The summed E-state index contributed by atoms with van der Waals surface area (Å²) in [7, 11) is 0. The van der Waals surface area contributed by atoms with Crippen LogP contribution in [0.15, 0.2) is 29.3 Å². The van der Waals surface area contributed by atoms with E-state index in [1.807, 2.05) is 36.0 Å². The van der Waals surface area contributed by atoms with E-state index in [2.05, 4.69) is 24.2 Å². The van der Waals surface area contributed by atoms with E-state index < -0.39 is 0 Å². The molecule has 1 N–H and O–H groups in total. The first kappa shape index (κ1) is 13.8. The maximum absolute atomic E-state index is 5.87. The molecule has 2 nitrogen and oxygen atoms in total. The molecule has 1 atom stereocenters. The third-order valence-corrected chi connectivity index (χ3v) is 4.89. The highest BCUT2D eigenvalue weighted by molar-refractivity contribution is 8.15. The zero-order chi connectivity index (χ0) is 13.0. The summed E-state index contributed by atoms with van der Waals surface area (Å²) in [5, 5.41) is 5.79. The summed E-state index contributed by atoms with van der Waals surface area (Å²) >= 11 is 7.74. The highest BCUT2D eigenvalue weighted by atomic mass is 35.5. The highest BCUT2D eigenvalue weighted by Crippen LogP contribution is 2.31. The predicted molar refractivity (Wildman–Crippen MR) is 82.8 cm³/mol. The molecule has 0 saturated heterocycles. The SMILES string of the molecule is CCC(CC)C1CN=C(Nc2ccc(Cl)cc2)S1. The van der Waals surface area contributed by atoms with E-state index >= 15 is 0 Å². The number of thioether (sulfide) groups is 1. The molecule has 1 aliphatic rings. The fourth-order valence-electron chi connectivity index (χ4n) is 2.18. The molecule has 2 rings (SSSR count). The quantitative estimate of drug-likeness (QED) is 0.868. The number of amidine groups is 1. The van der Waals surface area contributed by atoms with Gasteiger partial charge in [0.05, 0.1) is 6.54 Å². The van der Waals surface area contributed by atoms with Crippen molar-refractivity contribution in [1.82, 2.24) is 0 Å². The van der Waals surface area contributed by atoms with Crippen molar-refractivity contribution in [2.45, 2.75) is 31.9 Å². The fourth-order valence-corrected chi connectivity index (χ4v) is 3.64. The molecule has 0 fully saturated rings. The number of benzene rings is 1. The van der Waals surface area contributed by atoms with E-state index in [9.17, 15) is 0 Å². The second kappa shape index (κ2) is 6.48. The molecule has 1 heterocycles. The van der Waals surface area contributed by atoms with Gasteiger partial charge < -0.3 is 5.32 Å². The molecule has 1 aromatic rings. The van der Waals surface area contributed by atoms with Crippen LogP contribution in [0.4, 0.5) is 5.69 Å². The summed E-state index contributed by atoms with van der Waals surface area (Å²) in [4.78, 5) is 4.59. The van der Waals surface area contributed by atoms with Crippen molar-refractivity contribution in [2.75, 3.05) is 11.9 Å². The van der Waals surface area contributed by atoms with Crippen molar-refractivity contribution in [3.63, 3.8) is 0 Å². The molecule has 0 aromatic heterocycles. The zero-order valence-electron chi connectivity index (χ0n) is 10.8. The van der Waals surface area contributed by atoms with Crippen LogP contribution in [-0.2, 0) is 0 Å². The summed E-state index contributed by atoms with van der Waals surface area (Å²) in [6.45, 7) is 5.46. The number of halogens is 1. The van der Waals surface area contributed by atoms with Gasteiger partial charge in [-0.1, -0.05) is 50.1 Å². The number of anilines is 1. The molecule has 4 heteroatoms. The number of hydrogen-bond donors (Lipinski definition) is 1. The maximum Gasteiger partial charge on any atom is 0.161 e. The lowest BCUT2D eigenvalue weighted by Gasteiger charge is -2.18. The number of hydrogen-bond acceptors (Lipinski definition) is 3. The van der Waals surface area contributed by atoms with Crippen LogP contribution in [0.3, 0.4) is 0 Å². The fraction of sp³-hybridized carbons (Fsp3) is 0.500. The van der Waals surface area contributed by atoms with Crippen LogP contribution in [-0.4, -0.2) is 17.0 Å². The number of aliphatic imine (C=N–C) groups is 1. The van der Waals surface area contributed by atoms with Crippen LogP contribution in [0.25, 0.3) is 0 Å². The molecular formula is C14H19ClN2S. The minimum Gasteiger partial charge on any atom is -0.335 e. The van der Waals surface area contributed by atoms with Gasteiger partial charge in [0.15, 0.2) is 5.17 Å². The van der Waals surface area contributed by atoms with Crippen molar-refractivity contribution in [3.8, 4) is 0 Å². The Bertz CT molecular complexity index is 412. The second-order valence-electron chi connectivity index (χ2n) is 4.51. The summed E-state index contributed by atoms with van der Waals surface area (Å²) in [5.41, 5.74) is 1.05. The van der Waals surface area contributed by atoms with Gasteiger partial charge in [0.1, 0.15) is 0 Å². The van der Waals surface area contributed by atoms with E-state index in [1.54, 1.807) is 0 Å². The van der Waals surface area contributed by atoms with Crippen LogP contribution in [0.1, 0.15) is 26.7 Å². The topological polar surface area (TPSA) is 24.4 Å². The number of nitrogens with zero attached hydrogens (tertiary/aromatic N) is 1. The van der Waals surface area contributed by atoms with E-state index in [-0.39, 0.29) is 0 Å². The Kier molecular flexibility index (Phi) is 4.95. The number of nitrogens with one attached hydrogen (secondary N) is 1. The molecule has 0 spiro atoms. The minimum atomic E-state index is 0.634. The molecule has 1 aliphatic heterocycles. The van der Waals surface area contributed by atoms with Gasteiger partial charge in [0.25, 0.3) is 0 Å². The zero-order valence-corrected chi connectivity index (χ0v) is 12.4. The molecule has 0 radical (unpaired) electrons. The van der Waals surface area contributed by atoms with E-state index in [1.165, 1.54) is 12.8 Å². The first-order valence-electron chi connectivity index (χ1n) is 6.46. The van der Waals surface area contributed by atoms with Crippen molar-refractivity contribution >= 4 is 34.2 Å². The number of rotatable bonds is 4. The van der Waals surface area contributed by atoms with Crippen LogP contribution < -0.4 is 5.32 Å². The van der Waals surface area contributed by atoms with Gasteiger partial charge in [0, 0.05) is 16.0 Å². The first-order chi connectivity index (χ1) is 8.72. The molecule has 0 bridgehead atoms. The second-order valence-corrected chi connectivity index (χ2v) is 6.17.